The molecule has 3 rings (SSSR count). The largest absolute Gasteiger partial charge is 0.497 e. The van der Waals surface area contributed by atoms with Gasteiger partial charge in [0.15, 0.2) is 5.16 Å². The first kappa shape index (κ1) is 18.8. The average molecular weight is 387 g/mol. The van der Waals surface area contributed by atoms with Crippen molar-refractivity contribution in [3.8, 4) is 22.8 Å². The number of hydrogen-bond donors (Lipinski definition) is 2. The number of benzene rings is 2. The number of carbonyl (C=O) groups excluding carboxylic acids is 1. The Bertz CT molecular complexity index is 928. The highest BCUT2D eigenvalue weighted by Crippen LogP contribution is 2.29. The molecule has 3 aromatic rings. The average Bonchev–Trinajstić information content (AvgIpc) is 3.16. The van der Waals surface area contributed by atoms with Gasteiger partial charge in [-0.15, -0.1) is 0 Å². The fraction of sp³-hybridized carbons (Fsp3) is 0.158. The molecule has 2 N–H and O–H groups in total. The Labute approximate surface area is 160 Å². The topological polar surface area (TPSA) is 76.2 Å². The third kappa shape index (κ3) is 4.79. The van der Waals surface area contributed by atoms with Gasteiger partial charge in [-0.2, -0.15) is 0 Å². The summed E-state index contributed by atoms with van der Waals surface area (Å²) in [6, 6.07) is 11.3. The van der Waals surface area contributed by atoms with Crippen molar-refractivity contribution in [2.75, 3.05) is 25.3 Å². The maximum atomic E-state index is 13.0. The highest BCUT2D eigenvalue weighted by atomic mass is 32.2. The van der Waals surface area contributed by atoms with Crippen LogP contribution in [0, 0.1) is 5.82 Å². The second-order valence-electron chi connectivity index (χ2n) is 5.51. The number of aromatic nitrogens is 2. The number of imidazole rings is 1. The van der Waals surface area contributed by atoms with Gasteiger partial charge in [0.1, 0.15) is 17.3 Å². The molecule has 0 radical (unpaired) electrons. The molecule has 2 aromatic carbocycles. The smallest absolute Gasteiger partial charge is 0.234 e. The van der Waals surface area contributed by atoms with Crippen molar-refractivity contribution >= 4 is 23.4 Å². The van der Waals surface area contributed by atoms with E-state index in [-0.39, 0.29) is 17.5 Å². The second kappa shape index (κ2) is 8.59. The van der Waals surface area contributed by atoms with Crippen LogP contribution in [-0.4, -0.2) is 35.8 Å². The summed E-state index contributed by atoms with van der Waals surface area (Å²) in [5, 5.41) is 3.41. The normalized spacial score (nSPS) is 10.5. The lowest BCUT2D eigenvalue weighted by Gasteiger charge is -2.11. The SMILES string of the molecule is COc1ccc(NC(=O)CSc2ncc(-c3ccc(F)cc3)[nH]2)c(OC)c1. The number of hydrogen-bond acceptors (Lipinski definition) is 5. The van der Waals surface area contributed by atoms with Crippen LogP contribution in [0.5, 0.6) is 11.5 Å². The zero-order chi connectivity index (χ0) is 19.2. The number of amides is 1. The standard InChI is InChI=1S/C19H18FN3O3S/c1-25-14-7-8-15(17(9-14)26-2)22-18(24)11-27-19-21-10-16(23-19)12-3-5-13(20)6-4-12/h3-10H,11H2,1-2H3,(H,21,23)(H,22,24). The van der Waals surface area contributed by atoms with E-state index in [1.165, 1.54) is 31.0 Å². The van der Waals surface area contributed by atoms with Crippen LogP contribution >= 0.6 is 11.8 Å². The summed E-state index contributed by atoms with van der Waals surface area (Å²) in [6.45, 7) is 0. The lowest BCUT2D eigenvalue weighted by molar-refractivity contribution is -0.113. The molecule has 6 nitrogen and oxygen atoms in total. The Morgan fingerprint density at radius 3 is 2.67 bits per heavy atom. The lowest BCUT2D eigenvalue weighted by atomic mass is 10.2. The molecule has 8 heteroatoms. The second-order valence-corrected chi connectivity index (χ2v) is 6.48. The summed E-state index contributed by atoms with van der Waals surface area (Å²) in [7, 11) is 3.09. The molecular weight excluding hydrogens is 369 g/mol. The molecule has 0 unspecified atom stereocenters. The molecule has 0 aliphatic carbocycles. The molecule has 0 saturated heterocycles. The molecule has 0 aliphatic heterocycles. The number of methoxy groups -OCH3 is 2. The molecule has 0 aliphatic rings. The Hall–Kier alpha value is -3.00. The van der Waals surface area contributed by atoms with Crippen LogP contribution in [0.25, 0.3) is 11.3 Å². The van der Waals surface area contributed by atoms with E-state index in [0.29, 0.717) is 22.3 Å². The molecule has 0 fully saturated rings. The number of ether oxygens (including phenoxy) is 2. The minimum absolute atomic E-state index is 0.172. The summed E-state index contributed by atoms with van der Waals surface area (Å²) >= 11 is 1.27. The Kier molecular flexibility index (Phi) is 5.97. The van der Waals surface area contributed by atoms with Gasteiger partial charge >= 0.3 is 0 Å². The molecule has 140 valence electrons. The van der Waals surface area contributed by atoms with Crippen molar-refractivity contribution in [2.45, 2.75) is 5.16 Å². The number of H-pyrrole nitrogens is 1. The zero-order valence-corrected chi connectivity index (χ0v) is 15.6. The number of aromatic amines is 1. The number of anilines is 1. The Morgan fingerprint density at radius 2 is 1.96 bits per heavy atom. The third-order valence-electron chi connectivity index (χ3n) is 3.73. The van der Waals surface area contributed by atoms with Crippen LogP contribution in [0.3, 0.4) is 0 Å². The molecule has 0 atom stereocenters. The first-order valence-electron chi connectivity index (χ1n) is 8.04. The summed E-state index contributed by atoms with van der Waals surface area (Å²) in [6.07, 6.45) is 1.65. The van der Waals surface area contributed by atoms with Gasteiger partial charge in [-0.1, -0.05) is 11.8 Å². The fourth-order valence-corrected chi connectivity index (χ4v) is 3.02. The van der Waals surface area contributed by atoms with Gasteiger partial charge in [0.2, 0.25) is 5.91 Å². The van der Waals surface area contributed by atoms with E-state index in [9.17, 15) is 9.18 Å². The number of thioether (sulfide) groups is 1. The van der Waals surface area contributed by atoms with Crippen LogP contribution in [0.2, 0.25) is 0 Å². The van der Waals surface area contributed by atoms with Gasteiger partial charge in [-0.05, 0) is 42.0 Å². The maximum Gasteiger partial charge on any atom is 0.234 e. The van der Waals surface area contributed by atoms with Crippen molar-refractivity contribution in [1.82, 2.24) is 9.97 Å². The third-order valence-corrected chi connectivity index (χ3v) is 4.62. The number of rotatable bonds is 7. The summed E-state index contributed by atoms with van der Waals surface area (Å²) < 4.78 is 23.4. The number of halogens is 1. The number of carbonyl (C=O) groups is 1. The molecule has 0 bridgehead atoms. The maximum absolute atomic E-state index is 13.0. The van der Waals surface area contributed by atoms with Gasteiger partial charge in [0.05, 0.1) is 37.6 Å². The minimum atomic E-state index is -0.293. The summed E-state index contributed by atoms with van der Waals surface area (Å²) in [5.74, 6) is 0.847. The van der Waals surface area contributed by atoms with Crippen LogP contribution in [0.1, 0.15) is 0 Å². The van der Waals surface area contributed by atoms with E-state index in [1.54, 1.807) is 43.6 Å². The number of nitrogens with one attached hydrogen (secondary N) is 2. The van der Waals surface area contributed by atoms with Gasteiger partial charge in [0.25, 0.3) is 0 Å². The fourth-order valence-electron chi connectivity index (χ4n) is 2.37. The predicted molar refractivity (Wildman–Crippen MR) is 103 cm³/mol. The lowest BCUT2D eigenvalue weighted by Crippen LogP contribution is -2.14. The van der Waals surface area contributed by atoms with E-state index in [4.69, 9.17) is 9.47 Å². The van der Waals surface area contributed by atoms with Gasteiger partial charge in [-0.25, -0.2) is 9.37 Å². The highest BCUT2D eigenvalue weighted by Gasteiger charge is 2.11. The van der Waals surface area contributed by atoms with Crippen LogP contribution in [0.15, 0.2) is 53.8 Å². The van der Waals surface area contributed by atoms with Crippen LogP contribution < -0.4 is 14.8 Å². The Morgan fingerprint density at radius 1 is 1.19 bits per heavy atom. The molecule has 1 amide bonds. The monoisotopic (exact) mass is 387 g/mol. The molecule has 27 heavy (non-hydrogen) atoms. The van der Waals surface area contributed by atoms with E-state index >= 15 is 0 Å². The van der Waals surface area contributed by atoms with Crippen molar-refractivity contribution < 1.29 is 18.7 Å². The van der Waals surface area contributed by atoms with E-state index < -0.39 is 0 Å². The molecule has 1 heterocycles. The Balaban J connectivity index is 1.59. The van der Waals surface area contributed by atoms with Gasteiger partial charge in [0, 0.05) is 6.07 Å². The quantitative estimate of drug-likeness (QED) is 0.600. The van der Waals surface area contributed by atoms with Crippen molar-refractivity contribution in [3.05, 3.63) is 54.5 Å². The van der Waals surface area contributed by atoms with Gasteiger partial charge in [-0.3, -0.25) is 4.79 Å². The zero-order valence-electron chi connectivity index (χ0n) is 14.8. The predicted octanol–water partition coefficient (Wildman–Crippen LogP) is 3.96. The van der Waals surface area contributed by atoms with Crippen LogP contribution in [-0.2, 0) is 4.79 Å². The molecule has 0 spiro atoms. The van der Waals surface area contributed by atoms with E-state index in [0.717, 1.165) is 11.3 Å². The molecule has 0 saturated carbocycles. The number of nitrogens with zero attached hydrogens (tertiary/aromatic N) is 1. The summed E-state index contributed by atoms with van der Waals surface area (Å²) in [4.78, 5) is 19.6. The van der Waals surface area contributed by atoms with Crippen LogP contribution in [0.4, 0.5) is 10.1 Å². The molecule has 1 aromatic heterocycles. The van der Waals surface area contributed by atoms with Gasteiger partial charge < -0.3 is 19.8 Å². The first-order chi connectivity index (χ1) is 13.1. The first-order valence-corrected chi connectivity index (χ1v) is 9.03. The summed E-state index contributed by atoms with van der Waals surface area (Å²) in [5.41, 5.74) is 2.15. The van der Waals surface area contributed by atoms with Crippen molar-refractivity contribution in [1.29, 1.82) is 0 Å². The van der Waals surface area contributed by atoms with E-state index in [1.807, 2.05) is 0 Å². The molecular formula is C19H18FN3O3S. The van der Waals surface area contributed by atoms with E-state index in [2.05, 4.69) is 15.3 Å². The van der Waals surface area contributed by atoms with Crippen molar-refractivity contribution in [2.24, 2.45) is 0 Å². The minimum Gasteiger partial charge on any atom is -0.497 e. The highest BCUT2D eigenvalue weighted by molar-refractivity contribution is 7.99. The van der Waals surface area contributed by atoms with Crippen molar-refractivity contribution in [3.63, 3.8) is 0 Å².